The lowest BCUT2D eigenvalue weighted by molar-refractivity contribution is 1.20. The molecule has 0 amide bonds. The molecule has 9 heterocycles. The van der Waals surface area contributed by atoms with E-state index in [1.165, 1.54) is 137 Å². The number of hydrogen-bond acceptors (Lipinski definition) is 10. The fourth-order valence-corrected chi connectivity index (χ4v) is 23.2. The molecule has 0 spiro atoms. The molecule has 0 unspecified atom stereocenters. The number of fused-ring (bicyclic) bond motifs is 23. The number of thiophene rings is 3. The molecule has 0 saturated carbocycles. The lowest BCUT2D eigenvalue weighted by Gasteiger charge is -2.15. The highest BCUT2D eigenvalue weighted by molar-refractivity contribution is 7.26. The first-order valence-electron chi connectivity index (χ1n) is 44.1. The van der Waals surface area contributed by atoms with Crippen LogP contribution >= 0.6 is 34.0 Å². The van der Waals surface area contributed by atoms with E-state index in [4.69, 9.17) is 34.9 Å². The molecule has 608 valence electrons. The fourth-order valence-electron chi connectivity index (χ4n) is 19.8. The average Bonchev–Trinajstić information content (AvgIpc) is 1.65. The molecule has 131 heavy (non-hydrogen) atoms. The van der Waals surface area contributed by atoms with Crippen molar-refractivity contribution in [1.82, 2.24) is 34.9 Å². The Morgan fingerprint density at radius 3 is 1.05 bits per heavy atom. The molecular weight excluding hydrogens is 1650 g/mol. The lowest BCUT2D eigenvalue weighted by Crippen LogP contribution is -1.98. The number of nitrogens with zero attached hydrogens (tertiary/aromatic N) is 7. The summed E-state index contributed by atoms with van der Waals surface area (Å²) in [5, 5.41) is 26.1. The van der Waals surface area contributed by atoms with Crippen LogP contribution in [0.4, 0.5) is 0 Å². The summed E-state index contributed by atoms with van der Waals surface area (Å²) in [6.07, 6.45) is 0. The van der Waals surface area contributed by atoms with E-state index in [9.17, 15) is 0 Å². The van der Waals surface area contributed by atoms with Crippen LogP contribution in [0.25, 0.3) is 270 Å². The second-order valence-electron chi connectivity index (χ2n) is 33.5. The topological polar surface area (TPSA) is 90.2 Å². The number of aromatic nitrogens is 7. The lowest BCUT2D eigenvalue weighted by atomic mass is 9.91. The highest BCUT2D eigenvalue weighted by Crippen LogP contribution is 2.48. The molecule has 0 aliphatic rings. The fraction of sp³-hybridized carbons (Fsp3) is 0. The van der Waals surface area contributed by atoms with E-state index >= 15 is 0 Å². The zero-order chi connectivity index (χ0) is 86.1. The van der Waals surface area contributed by atoms with Crippen LogP contribution < -0.4 is 0 Å². The Bertz CT molecular complexity index is 9600. The van der Waals surface area contributed by atoms with Crippen LogP contribution in [-0.4, -0.2) is 34.9 Å². The van der Waals surface area contributed by atoms with Crippen molar-refractivity contribution in [2.75, 3.05) is 0 Å². The summed E-state index contributed by atoms with van der Waals surface area (Å²) in [6.45, 7) is 0. The molecule has 28 aromatic rings. The molecule has 28 rings (SSSR count). The van der Waals surface area contributed by atoms with E-state index in [-0.39, 0.29) is 0 Å². The standard InChI is InChI=1S/C44H26N2S.C39H23N3S.C38H22N2S/c1-2-12-27(13-3-1)28-18-10-20-30-29(28)19-11-21-31(30)36-24-41(45-39-22-8-6-15-33(36)39)44-35-17-5-4-14-32(35)37-26-43-38(25-40(37)46-44)34-16-7-9-23-42(34)47-43;1-2-11-24(12-3-1)25-13-10-14-26(21-25)37-30-18-6-8-19-33(30)41-39(42-37)38-29-17-5-4-15-27(29)31-23-36-32(22-34(31)40-38)28-16-7-9-20-35(28)43-36;1-2-10-24-19-25(18-17-23(24)9-1)30-20-35(39-33-15-7-5-12-27(30)33)38-29-14-4-3-11-26(29)31-22-37-32(21-34(31)40-38)28-13-6-8-16-36(28)41-37/h1-26H;1-23H;1-22H. The Balaban J connectivity index is 0.000000103. The summed E-state index contributed by atoms with van der Waals surface area (Å²) in [5.41, 5.74) is 21.6. The van der Waals surface area contributed by atoms with Gasteiger partial charge >= 0.3 is 0 Å². The van der Waals surface area contributed by atoms with Gasteiger partial charge in [-0.2, -0.15) is 0 Å². The molecule has 0 bridgehead atoms. The molecule has 0 N–H and O–H groups in total. The second kappa shape index (κ2) is 31.2. The van der Waals surface area contributed by atoms with Crippen molar-refractivity contribution in [3.05, 3.63) is 431 Å². The second-order valence-corrected chi connectivity index (χ2v) is 36.8. The minimum atomic E-state index is 0.632. The maximum Gasteiger partial charge on any atom is 0.179 e. The highest BCUT2D eigenvalue weighted by Gasteiger charge is 2.24. The molecule has 0 saturated heterocycles. The zero-order valence-electron chi connectivity index (χ0n) is 70.3. The van der Waals surface area contributed by atoms with Gasteiger partial charge in [0.15, 0.2) is 5.82 Å². The first-order chi connectivity index (χ1) is 64.9. The van der Waals surface area contributed by atoms with Gasteiger partial charge in [-0.3, -0.25) is 0 Å². The van der Waals surface area contributed by atoms with Gasteiger partial charge in [-0.15, -0.1) is 34.0 Å². The molecule has 0 aliphatic heterocycles. The van der Waals surface area contributed by atoms with E-state index in [1.807, 2.05) is 46.1 Å². The van der Waals surface area contributed by atoms with Crippen LogP contribution in [-0.2, 0) is 0 Å². The van der Waals surface area contributed by atoms with Crippen LogP contribution in [0.1, 0.15) is 0 Å². The van der Waals surface area contributed by atoms with Crippen molar-refractivity contribution in [3.8, 4) is 90.1 Å². The summed E-state index contributed by atoms with van der Waals surface area (Å²) in [7, 11) is 0. The van der Waals surface area contributed by atoms with Crippen LogP contribution in [0.3, 0.4) is 0 Å². The maximum absolute atomic E-state index is 5.41. The number of hydrogen-bond donors (Lipinski definition) is 0. The normalized spacial score (nSPS) is 11.8. The predicted octanol–water partition coefficient (Wildman–Crippen LogP) is 33.9. The highest BCUT2D eigenvalue weighted by atomic mass is 32.1. The molecule has 0 fully saturated rings. The molecule has 0 atom stereocenters. The monoisotopic (exact) mass is 1720 g/mol. The quantitative estimate of drug-likeness (QED) is 0.140. The predicted molar refractivity (Wildman–Crippen MR) is 559 cm³/mol. The number of benzene rings is 19. The Morgan fingerprint density at radius 2 is 0.511 bits per heavy atom. The Morgan fingerprint density at radius 1 is 0.137 bits per heavy atom. The minimum Gasteiger partial charge on any atom is -0.246 e. The molecule has 7 nitrogen and oxygen atoms in total. The summed E-state index contributed by atoms with van der Waals surface area (Å²) in [6, 6.07) is 153. The van der Waals surface area contributed by atoms with Gasteiger partial charge in [0.2, 0.25) is 0 Å². The number of para-hydroxylation sites is 3. The maximum atomic E-state index is 5.41. The smallest absolute Gasteiger partial charge is 0.179 e. The van der Waals surface area contributed by atoms with Crippen molar-refractivity contribution in [3.63, 3.8) is 0 Å². The van der Waals surface area contributed by atoms with Crippen molar-refractivity contribution in [2.45, 2.75) is 0 Å². The Labute approximate surface area is 763 Å². The third kappa shape index (κ3) is 13.1. The SMILES string of the molecule is c1ccc(-c2cccc(-c3nc(-c4nc5cc6c(cc5c5ccccc45)sc4ccccc46)nc4ccccc34)c2)cc1.c1ccc(-c2cccc3c(-c4cc(-c5nc6cc7c(cc6c6ccccc56)sc5ccccc57)nc5ccccc45)cccc23)cc1.c1ccc2cc(-c3cc(-c4nc5cc6c(cc5c5ccccc45)sc4ccccc46)nc4ccccc34)ccc2c1. The Kier molecular flexibility index (Phi) is 18.1. The van der Waals surface area contributed by atoms with Crippen molar-refractivity contribution >= 4 is 214 Å². The van der Waals surface area contributed by atoms with Crippen molar-refractivity contribution < 1.29 is 0 Å². The summed E-state index contributed by atoms with van der Waals surface area (Å²) < 4.78 is 7.75. The van der Waals surface area contributed by atoms with Crippen LogP contribution in [0.5, 0.6) is 0 Å². The molecule has 10 heteroatoms. The third-order valence-corrected chi connectivity index (χ3v) is 29.3. The van der Waals surface area contributed by atoms with Crippen molar-refractivity contribution in [1.29, 1.82) is 0 Å². The van der Waals surface area contributed by atoms with E-state index in [2.05, 4.69) is 419 Å². The summed E-state index contributed by atoms with van der Waals surface area (Å²) in [4.78, 5) is 36.9. The number of rotatable bonds is 8. The first kappa shape index (κ1) is 75.8. The molecule has 0 aliphatic carbocycles. The van der Waals surface area contributed by atoms with Gasteiger partial charge in [0.25, 0.3) is 0 Å². The van der Waals surface area contributed by atoms with Gasteiger partial charge in [-0.1, -0.05) is 334 Å². The zero-order valence-corrected chi connectivity index (χ0v) is 72.8. The summed E-state index contributed by atoms with van der Waals surface area (Å²) in [5.74, 6) is 0.632. The average molecular weight is 1720 g/mol. The van der Waals surface area contributed by atoms with Gasteiger partial charge in [0, 0.05) is 115 Å². The third-order valence-electron chi connectivity index (χ3n) is 25.9. The largest absolute Gasteiger partial charge is 0.246 e. The van der Waals surface area contributed by atoms with Gasteiger partial charge in [0.05, 0.1) is 61.6 Å². The van der Waals surface area contributed by atoms with Gasteiger partial charge in [0.1, 0.15) is 5.69 Å². The van der Waals surface area contributed by atoms with Gasteiger partial charge in [-0.05, 0) is 179 Å². The first-order valence-corrected chi connectivity index (χ1v) is 46.6. The van der Waals surface area contributed by atoms with E-state index < -0.39 is 0 Å². The summed E-state index contributed by atoms with van der Waals surface area (Å²) >= 11 is 5.53. The van der Waals surface area contributed by atoms with E-state index in [0.29, 0.717) is 5.82 Å². The van der Waals surface area contributed by atoms with Gasteiger partial charge in [-0.25, -0.2) is 34.9 Å². The van der Waals surface area contributed by atoms with E-state index in [1.54, 1.807) is 0 Å². The van der Waals surface area contributed by atoms with Crippen LogP contribution in [0.15, 0.2) is 431 Å². The molecule has 19 aromatic carbocycles. The number of pyridine rings is 5. The van der Waals surface area contributed by atoms with Crippen LogP contribution in [0.2, 0.25) is 0 Å². The Hall–Kier alpha value is -16.5. The van der Waals surface area contributed by atoms with Gasteiger partial charge < -0.3 is 0 Å². The minimum absolute atomic E-state index is 0.632. The van der Waals surface area contributed by atoms with Crippen molar-refractivity contribution in [2.24, 2.45) is 0 Å². The molecule has 9 aromatic heterocycles. The molecule has 0 radical (unpaired) electrons. The van der Waals surface area contributed by atoms with Crippen LogP contribution in [0, 0.1) is 0 Å². The van der Waals surface area contributed by atoms with E-state index in [0.717, 1.165) is 127 Å². The molecular formula is C121H71N7S3.